The molecule has 5 heteroatoms. The predicted octanol–water partition coefficient (Wildman–Crippen LogP) is 8.42. The average Bonchev–Trinajstić information content (AvgIpc) is 3.48. The van der Waals surface area contributed by atoms with Gasteiger partial charge in [-0.3, -0.25) is 0 Å². The summed E-state index contributed by atoms with van der Waals surface area (Å²) in [7, 11) is 19.5. The molecule has 0 aliphatic heterocycles. The van der Waals surface area contributed by atoms with E-state index in [1.807, 2.05) is 12.1 Å². The van der Waals surface area contributed by atoms with Crippen LogP contribution in [0.3, 0.4) is 0 Å². The fourth-order valence-electron chi connectivity index (χ4n) is 5.82. The summed E-state index contributed by atoms with van der Waals surface area (Å²) in [6, 6.07) is 23.1. The number of methoxy groups -OCH3 is 2. The third kappa shape index (κ3) is 3.28. The molecular formula is C29H28Cl2O2Zr. The molecule has 3 aromatic rings. The maximum atomic E-state index is 8.09. The number of hydrogen-bond acceptors (Lipinski definition) is 2. The molecule has 1 unspecified atom stereocenters. The molecule has 0 radical (unpaired) electrons. The second-order valence-electron chi connectivity index (χ2n) is 9.29. The van der Waals surface area contributed by atoms with Gasteiger partial charge in [0, 0.05) is 0 Å². The van der Waals surface area contributed by atoms with Crippen molar-refractivity contribution in [2.75, 3.05) is 14.2 Å². The van der Waals surface area contributed by atoms with Gasteiger partial charge in [0.25, 0.3) is 0 Å². The first-order chi connectivity index (χ1) is 16.3. The Kier molecular flexibility index (Phi) is 6.04. The zero-order valence-corrected chi connectivity index (χ0v) is 23.8. The molecule has 0 fully saturated rings. The van der Waals surface area contributed by atoms with Crippen molar-refractivity contribution in [1.29, 1.82) is 0 Å². The molecule has 174 valence electrons. The second kappa shape index (κ2) is 8.63. The predicted molar refractivity (Wildman–Crippen MR) is 142 cm³/mol. The average molecular weight is 571 g/mol. The first-order valence-corrected chi connectivity index (χ1v) is 21.9. The Hall–Kier alpha value is -1.93. The van der Waals surface area contributed by atoms with Gasteiger partial charge in [-0.15, -0.1) is 0 Å². The SMILES string of the molecule is COc1cccc(C2=CC=C[CH]2[Zr]([Cl])([Cl])(=[C](C)C)[CH]2c3ccccc3-c3ccccc32)c1OC. The van der Waals surface area contributed by atoms with E-state index < -0.39 is 15.9 Å². The quantitative estimate of drug-likeness (QED) is 0.307. The van der Waals surface area contributed by atoms with E-state index in [0.717, 1.165) is 14.3 Å². The van der Waals surface area contributed by atoms with Gasteiger partial charge in [0.2, 0.25) is 0 Å². The molecule has 0 heterocycles. The van der Waals surface area contributed by atoms with E-state index >= 15 is 0 Å². The van der Waals surface area contributed by atoms with Crippen LogP contribution in [0, 0.1) is 0 Å². The normalized spacial score (nSPS) is 17.3. The van der Waals surface area contributed by atoms with Crippen LogP contribution in [0.15, 0.2) is 85.0 Å². The van der Waals surface area contributed by atoms with Crippen LogP contribution in [0.2, 0.25) is 3.63 Å². The second-order valence-corrected chi connectivity index (χ2v) is 31.1. The standard InChI is InChI=1S/C13H13O2.C13H9.C3H6.2ClH.Zr/c1-14-12-9-5-8-11(13(12)15-2)10-6-3-4-7-10;1-3-7-12-10(5-1)9-11-6-2-4-8-13(11)12;1-3-2;;;/h3-9H,1-2H3;1-9H;1-2H3;2*1H;/q;;;;;+2/p-2. The van der Waals surface area contributed by atoms with Crippen LogP contribution in [0.5, 0.6) is 11.5 Å². The third-order valence-electron chi connectivity index (χ3n) is 7.52. The van der Waals surface area contributed by atoms with Crippen molar-refractivity contribution in [3.63, 3.8) is 0 Å². The van der Waals surface area contributed by atoms with Crippen molar-refractivity contribution < 1.29 is 25.4 Å². The first-order valence-electron chi connectivity index (χ1n) is 11.5. The van der Waals surface area contributed by atoms with E-state index in [9.17, 15) is 0 Å². The van der Waals surface area contributed by atoms with Gasteiger partial charge in [-0.2, -0.15) is 0 Å². The summed E-state index contributed by atoms with van der Waals surface area (Å²) in [5.41, 5.74) is 7.00. The van der Waals surface area contributed by atoms with E-state index in [1.54, 1.807) is 14.2 Å². The molecule has 0 aromatic heterocycles. The summed E-state index contributed by atoms with van der Waals surface area (Å²) in [4.78, 5) is 0. The molecular weight excluding hydrogens is 542 g/mol. The molecule has 34 heavy (non-hydrogen) atoms. The molecule has 1 atom stereocenters. The summed E-state index contributed by atoms with van der Waals surface area (Å²) in [6.45, 7) is 4.25. The molecule has 3 aromatic carbocycles. The number of halogens is 2. The van der Waals surface area contributed by atoms with Crippen molar-refractivity contribution in [1.82, 2.24) is 0 Å². The molecule has 5 rings (SSSR count). The van der Waals surface area contributed by atoms with Crippen molar-refractivity contribution >= 4 is 25.8 Å². The van der Waals surface area contributed by atoms with Crippen LogP contribution in [0.1, 0.15) is 34.2 Å². The van der Waals surface area contributed by atoms with Gasteiger partial charge in [-0.05, 0) is 0 Å². The minimum atomic E-state index is -4.89. The zero-order valence-electron chi connectivity index (χ0n) is 19.8. The Balaban J connectivity index is 1.78. The molecule has 0 amide bonds. The van der Waals surface area contributed by atoms with Gasteiger partial charge >= 0.3 is 211 Å². The van der Waals surface area contributed by atoms with Gasteiger partial charge in [-0.25, -0.2) is 0 Å². The number of rotatable bonds is 5. The first kappa shape index (κ1) is 23.8. The van der Waals surface area contributed by atoms with Crippen molar-refractivity contribution in [2.24, 2.45) is 0 Å². The monoisotopic (exact) mass is 568 g/mol. The van der Waals surface area contributed by atoms with Gasteiger partial charge in [0.05, 0.1) is 0 Å². The van der Waals surface area contributed by atoms with Crippen molar-refractivity contribution in [3.05, 3.63) is 102 Å². The van der Waals surface area contributed by atoms with E-state index in [1.165, 1.54) is 22.3 Å². The summed E-state index contributed by atoms with van der Waals surface area (Å²) in [5.74, 6) is 1.40. The van der Waals surface area contributed by atoms with Crippen molar-refractivity contribution in [3.8, 4) is 22.6 Å². The fraction of sp³-hybridized carbons (Fsp3) is 0.207. The van der Waals surface area contributed by atoms with E-state index in [-0.39, 0.29) is 7.25 Å². The van der Waals surface area contributed by atoms with Crippen LogP contribution in [0.25, 0.3) is 16.7 Å². The maximum absolute atomic E-state index is 8.09. The Morgan fingerprint density at radius 1 is 0.765 bits per heavy atom. The molecule has 0 saturated carbocycles. The summed E-state index contributed by atoms with van der Waals surface area (Å²) < 4.78 is 12.4. The molecule has 0 saturated heterocycles. The van der Waals surface area contributed by atoms with E-state index in [4.69, 9.17) is 26.5 Å². The molecule has 2 aliphatic rings. The number of allylic oxidation sites excluding steroid dienone is 4. The zero-order chi connectivity index (χ0) is 24.1. The minimum absolute atomic E-state index is 0.0464. The number of hydrogen-bond donors (Lipinski definition) is 0. The number of fused-ring (bicyclic) bond motifs is 3. The summed E-state index contributed by atoms with van der Waals surface area (Å²) >= 11 is -4.89. The molecule has 2 aliphatic carbocycles. The van der Waals surface area contributed by atoms with Crippen LogP contribution < -0.4 is 9.47 Å². The number of ether oxygens (including phenoxy) is 2. The Morgan fingerprint density at radius 3 is 1.91 bits per heavy atom. The van der Waals surface area contributed by atoms with Crippen LogP contribution in [-0.4, -0.2) is 17.4 Å². The van der Waals surface area contributed by atoms with Crippen molar-refractivity contribution in [2.45, 2.75) is 21.1 Å². The third-order valence-corrected chi connectivity index (χ3v) is 30.2. The Bertz CT molecular complexity index is 1380. The van der Waals surface area contributed by atoms with Gasteiger partial charge in [-0.1, -0.05) is 0 Å². The topological polar surface area (TPSA) is 18.5 Å². The molecule has 0 N–H and O–H groups in total. The summed E-state index contributed by atoms with van der Waals surface area (Å²) in [6.07, 6.45) is 6.43. The van der Waals surface area contributed by atoms with Crippen LogP contribution in [-0.2, 0) is 15.9 Å². The molecule has 2 nitrogen and oxygen atoms in total. The fourth-order valence-corrected chi connectivity index (χ4v) is 21.9. The molecule has 0 bridgehead atoms. The van der Waals surface area contributed by atoms with Crippen LogP contribution in [0.4, 0.5) is 0 Å². The van der Waals surface area contributed by atoms with E-state index in [0.29, 0.717) is 11.5 Å². The number of benzene rings is 3. The van der Waals surface area contributed by atoms with Crippen LogP contribution >= 0.6 is 17.0 Å². The van der Waals surface area contributed by atoms with Gasteiger partial charge in [0.15, 0.2) is 0 Å². The summed E-state index contributed by atoms with van der Waals surface area (Å²) in [5, 5.41) is 0. The Labute approximate surface area is 209 Å². The number of para-hydroxylation sites is 1. The molecule has 0 spiro atoms. The van der Waals surface area contributed by atoms with Gasteiger partial charge < -0.3 is 0 Å². The van der Waals surface area contributed by atoms with Gasteiger partial charge in [0.1, 0.15) is 0 Å². The Morgan fingerprint density at radius 2 is 1.35 bits per heavy atom. The van der Waals surface area contributed by atoms with E-state index in [2.05, 4.69) is 86.7 Å².